The second-order valence-corrected chi connectivity index (χ2v) is 7.10. The molecule has 1 saturated carbocycles. The van der Waals surface area contributed by atoms with Crippen LogP contribution in [0.3, 0.4) is 0 Å². The van der Waals surface area contributed by atoms with E-state index >= 15 is 0 Å². The molecule has 3 nitrogen and oxygen atoms in total. The van der Waals surface area contributed by atoms with E-state index in [-0.39, 0.29) is 17.6 Å². The Morgan fingerprint density at radius 3 is 2.77 bits per heavy atom. The van der Waals surface area contributed by atoms with Crippen LogP contribution in [-0.4, -0.2) is 21.9 Å². The van der Waals surface area contributed by atoms with Crippen molar-refractivity contribution in [3.63, 3.8) is 0 Å². The molecule has 1 aromatic carbocycles. The Labute approximate surface area is 155 Å². The highest BCUT2D eigenvalue weighted by Gasteiger charge is 2.25. The molecule has 1 heterocycles. The molecule has 1 aromatic heterocycles. The average Bonchev–Trinajstić information content (AvgIpc) is 3.08. The van der Waals surface area contributed by atoms with E-state index in [4.69, 9.17) is 0 Å². The van der Waals surface area contributed by atoms with Crippen molar-refractivity contribution in [2.75, 3.05) is 6.54 Å². The summed E-state index contributed by atoms with van der Waals surface area (Å²) in [7, 11) is 0. The fourth-order valence-corrected chi connectivity index (χ4v) is 3.77. The first-order valence-electron chi connectivity index (χ1n) is 9.45. The van der Waals surface area contributed by atoms with E-state index in [1.165, 1.54) is 12.5 Å². The van der Waals surface area contributed by atoms with Crippen LogP contribution in [0.2, 0.25) is 0 Å². The first-order chi connectivity index (χ1) is 12.7. The Morgan fingerprint density at radius 2 is 2.04 bits per heavy atom. The normalized spacial score (nSPS) is 15.0. The van der Waals surface area contributed by atoms with Crippen molar-refractivity contribution in [2.24, 2.45) is 5.92 Å². The minimum Gasteiger partial charge on any atom is -0.345 e. The highest BCUT2D eigenvalue weighted by atomic mass is 19.1. The molecule has 1 aliphatic rings. The van der Waals surface area contributed by atoms with Crippen LogP contribution in [0.25, 0.3) is 0 Å². The van der Waals surface area contributed by atoms with Crippen LogP contribution < -0.4 is 0 Å². The zero-order chi connectivity index (χ0) is 18.4. The van der Waals surface area contributed by atoms with E-state index in [1.54, 1.807) is 18.2 Å². The van der Waals surface area contributed by atoms with Crippen LogP contribution in [0, 0.1) is 11.7 Å². The Balaban J connectivity index is 1.72. The molecule has 1 fully saturated rings. The Hall–Kier alpha value is -2.36. The van der Waals surface area contributed by atoms with Crippen molar-refractivity contribution in [3.05, 3.63) is 72.3 Å². The highest BCUT2D eigenvalue weighted by Crippen LogP contribution is 2.26. The molecule has 0 spiro atoms. The monoisotopic (exact) mass is 354 g/mol. The number of hydrogen-bond acceptors (Lipinski definition) is 1. The lowest BCUT2D eigenvalue weighted by atomic mass is 9.88. The van der Waals surface area contributed by atoms with Gasteiger partial charge in [0, 0.05) is 30.9 Å². The smallest absolute Gasteiger partial charge is 0.226 e. The number of carbonyl (C=O) groups is 1. The zero-order valence-corrected chi connectivity index (χ0v) is 15.2. The molecule has 2 aromatic rings. The van der Waals surface area contributed by atoms with Crippen molar-refractivity contribution in [2.45, 2.75) is 45.2 Å². The molecule has 0 N–H and O–H groups in total. The van der Waals surface area contributed by atoms with Crippen LogP contribution in [0.15, 0.2) is 55.3 Å². The van der Waals surface area contributed by atoms with E-state index < -0.39 is 0 Å². The predicted molar refractivity (Wildman–Crippen MR) is 102 cm³/mol. The Kier molecular flexibility index (Phi) is 6.26. The standard InChI is InChI=1S/C22H27FN2O/c1-2-13-25(22(26)19-9-4-3-5-10-19)17-21-12-7-14-24(21)16-18-8-6-11-20(23)15-18/h2,6-8,11-12,14-15,19H,1,3-5,9-10,13,16-17H2. The van der Waals surface area contributed by atoms with E-state index in [0.717, 1.165) is 36.9 Å². The number of amides is 1. The molecular formula is C22H27FN2O. The first-order valence-corrected chi connectivity index (χ1v) is 9.45. The molecule has 1 aliphatic carbocycles. The largest absolute Gasteiger partial charge is 0.345 e. The minimum atomic E-state index is -0.225. The number of carbonyl (C=O) groups excluding carboxylic acids is 1. The van der Waals surface area contributed by atoms with Crippen LogP contribution in [-0.2, 0) is 17.9 Å². The quantitative estimate of drug-likeness (QED) is 0.658. The minimum absolute atomic E-state index is 0.148. The number of nitrogens with zero attached hydrogens (tertiary/aromatic N) is 2. The van der Waals surface area contributed by atoms with Crippen molar-refractivity contribution >= 4 is 5.91 Å². The summed E-state index contributed by atoms with van der Waals surface area (Å²) in [6, 6.07) is 10.7. The number of hydrogen-bond donors (Lipinski definition) is 0. The van der Waals surface area contributed by atoms with Gasteiger partial charge in [-0.15, -0.1) is 6.58 Å². The van der Waals surface area contributed by atoms with Crippen molar-refractivity contribution in [1.82, 2.24) is 9.47 Å². The number of halogens is 1. The van der Waals surface area contributed by atoms with Gasteiger partial charge in [-0.25, -0.2) is 4.39 Å². The molecule has 0 bridgehead atoms. The van der Waals surface area contributed by atoms with Crippen molar-refractivity contribution < 1.29 is 9.18 Å². The molecule has 3 rings (SSSR count). The Bertz CT molecular complexity index is 746. The molecule has 138 valence electrons. The summed E-state index contributed by atoms with van der Waals surface area (Å²) >= 11 is 0. The SMILES string of the molecule is C=CCN(Cc1cccn1Cc1cccc(F)c1)C(=O)C1CCCCC1. The lowest BCUT2D eigenvalue weighted by Gasteiger charge is -2.29. The summed E-state index contributed by atoms with van der Waals surface area (Å²) in [6.45, 7) is 5.53. The van der Waals surface area contributed by atoms with Gasteiger partial charge in [0.15, 0.2) is 0 Å². The summed E-state index contributed by atoms with van der Waals surface area (Å²) in [5, 5.41) is 0. The highest BCUT2D eigenvalue weighted by molar-refractivity contribution is 5.79. The van der Waals surface area contributed by atoms with E-state index in [1.807, 2.05) is 29.3 Å². The third-order valence-electron chi connectivity index (χ3n) is 5.13. The fourth-order valence-electron chi connectivity index (χ4n) is 3.77. The van der Waals surface area contributed by atoms with Crippen molar-refractivity contribution in [3.8, 4) is 0 Å². The second-order valence-electron chi connectivity index (χ2n) is 7.10. The second kappa shape index (κ2) is 8.84. The fraction of sp³-hybridized carbons (Fsp3) is 0.409. The molecule has 26 heavy (non-hydrogen) atoms. The van der Waals surface area contributed by atoms with Crippen LogP contribution in [0.5, 0.6) is 0 Å². The van der Waals surface area contributed by atoms with Crippen LogP contribution in [0.4, 0.5) is 4.39 Å². The summed E-state index contributed by atoms with van der Waals surface area (Å²) in [6.07, 6.45) is 9.30. The Morgan fingerprint density at radius 1 is 1.23 bits per heavy atom. The number of aromatic nitrogens is 1. The van der Waals surface area contributed by atoms with Gasteiger partial charge in [0.05, 0.1) is 6.54 Å². The van der Waals surface area contributed by atoms with Gasteiger partial charge in [-0.3, -0.25) is 4.79 Å². The third kappa shape index (κ3) is 4.63. The summed E-state index contributed by atoms with van der Waals surface area (Å²) in [4.78, 5) is 14.9. The van der Waals surface area contributed by atoms with Gasteiger partial charge in [-0.1, -0.05) is 37.5 Å². The molecule has 0 atom stereocenters. The topological polar surface area (TPSA) is 25.2 Å². The number of benzene rings is 1. The average molecular weight is 354 g/mol. The molecular weight excluding hydrogens is 327 g/mol. The van der Waals surface area contributed by atoms with E-state index in [2.05, 4.69) is 11.1 Å². The van der Waals surface area contributed by atoms with Crippen molar-refractivity contribution in [1.29, 1.82) is 0 Å². The maximum atomic E-state index is 13.4. The van der Waals surface area contributed by atoms with Gasteiger partial charge in [-0.05, 0) is 42.7 Å². The van der Waals surface area contributed by atoms with Crippen LogP contribution in [0.1, 0.15) is 43.4 Å². The van der Waals surface area contributed by atoms with Gasteiger partial charge in [0.2, 0.25) is 5.91 Å². The lowest BCUT2D eigenvalue weighted by molar-refractivity contribution is -0.136. The lowest BCUT2D eigenvalue weighted by Crippen LogP contribution is -2.37. The van der Waals surface area contributed by atoms with E-state index in [9.17, 15) is 9.18 Å². The summed E-state index contributed by atoms with van der Waals surface area (Å²) in [5.41, 5.74) is 1.97. The molecule has 1 amide bonds. The number of rotatable bonds is 7. The first kappa shape index (κ1) is 18.4. The molecule has 0 radical (unpaired) electrons. The molecule has 0 aliphatic heterocycles. The van der Waals surface area contributed by atoms with Gasteiger partial charge in [0.1, 0.15) is 5.82 Å². The predicted octanol–water partition coefficient (Wildman–Crippen LogP) is 4.77. The van der Waals surface area contributed by atoms with Crippen LogP contribution >= 0.6 is 0 Å². The third-order valence-corrected chi connectivity index (χ3v) is 5.13. The van der Waals surface area contributed by atoms with E-state index in [0.29, 0.717) is 19.6 Å². The molecule has 0 unspecified atom stereocenters. The van der Waals surface area contributed by atoms with Gasteiger partial charge < -0.3 is 9.47 Å². The van der Waals surface area contributed by atoms with Gasteiger partial charge in [-0.2, -0.15) is 0 Å². The maximum Gasteiger partial charge on any atom is 0.226 e. The maximum absolute atomic E-state index is 13.4. The molecule has 0 saturated heterocycles. The van der Waals surface area contributed by atoms with Gasteiger partial charge >= 0.3 is 0 Å². The summed E-state index contributed by atoms with van der Waals surface area (Å²) < 4.78 is 15.5. The molecule has 4 heteroatoms. The van der Waals surface area contributed by atoms with Gasteiger partial charge in [0.25, 0.3) is 0 Å². The zero-order valence-electron chi connectivity index (χ0n) is 15.2. The summed E-state index contributed by atoms with van der Waals surface area (Å²) in [5.74, 6) is 0.162.